The summed E-state index contributed by atoms with van der Waals surface area (Å²) in [6, 6.07) is 9.08. The first kappa shape index (κ1) is 16.4. The molecule has 0 unspecified atom stereocenters. The first-order chi connectivity index (χ1) is 11.7. The molecule has 1 aromatic heterocycles. The molecule has 1 fully saturated rings. The Balaban J connectivity index is 1.81. The van der Waals surface area contributed by atoms with E-state index >= 15 is 0 Å². The van der Waals surface area contributed by atoms with Gasteiger partial charge in [-0.2, -0.15) is 0 Å². The van der Waals surface area contributed by atoms with Crippen LogP contribution in [0.4, 0.5) is 4.79 Å². The molecule has 2 aromatic rings. The largest absolute Gasteiger partial charge is 0.338 e. The van der Waals surface area contributed by atoms with Crippen molar-refractivity contribution in [1.29, 1.82) is 0 Å². The Hall–Kier alpha value is -2.42. The van der Waals surface area contributed by atoms with E-state index in [1.807, 2.05) is 30.3 Å². The van der Waals surface area contributed by atoms with Gasteiger partial charge < -0.3 is 5.32 Å². The zero-order valence-corrected chi connectivity index (χ0v) is 14.0. The maximum atomic E-state index is 12.6. The Labute approximate surface area is 143 Å². The van der Waals surface area contributed by atoms with E-state index in [9.17, 15) is 9.59 Å². The lowest BCUT2D eigenvalue weighted by atomic mass is 10.1. The molecule has 3 amide bonds. The van der Waals surface area contributed by atoms with Gasteiger partial charge in [-0.3, -0.25) is 10.1 Å². The van der Waals surface area contributed by atoms with Gasteiger partial charge in [-0.05, 0) is 35.8 Å². The summed E-state index contributed by atoms with van der Waals surface area (Å²) in [4.78, 5) is 24.3. The van der Waals surface area contributed by atoms with E-state index < -0.39 is 17.2 Å². The molecular weight excluding hydrogens is 328 g/mol. The van der Waals surface area contributed by atoms with Crippen molar-refractivity contribution in [2.45, 2.75) is 36.2 Å². The summed E-state index contributed by atoms with van der Waals surface area (Å²) in [5, 5.41) is 16.6. The van der Waals surface area contributed by atoms with Gasteiger partial charge in [-0.15, -0.1) is 5.10 Å². The number of rotatable bonds is 6. The van der Waals surface area contributed by atoms with Crippen LogP contribution in [-0.4, -0.2) is 38.7 Å². The fourth-order valence-electron chi connectivity index (χ4n) is 2.20. The quantitative estimate of drug-likeness (QED) is 0.772. The first-order valence-corrected chi connectivity index (χ1v) is 8.65. The molecule has 3 rings (SSSR count). The third-order valence-corrected chi connectivity index (χ3v) is 4.69. The van der Waals surface area contributed by atoms with Crippen LogP contribution in [0.3, 0.4) is 0 Å². The lowest BCUT2D eigenvalue weighted by molar-refractivity contribution is -0.119. The van der Waals surface area contributed by atoms with Gasteiger partial charge in [0.15, 0.2) is 0 Å². The molecule has 1 aliphatic carbocycles. The van der Waals surface area contributed by atoms with E-state index in [4.69, 9.17) is 0 Å². The molecule has 1 aromatic carbocycles. The molecule has 0 aliphatic heterocycles. The summed E-state index contributed by atoms with van der Waals surface area (Å²) >= 11 is 1.25. The maximum absolute atomic E-state index is 12.6. The summed E-state index contributed by atoms with van der Waals surface area (Å²) in [5.41, 5.74) is 0.787. The zero-order valence-electron chi connectivity index (χ0n) is 13.2. The standard InChI is InChI=1S/C15H18N6O2S/c1-2-16-14(23)17-13(22)12(10-6-4-3-5-7-10)24-15-18-19-20-21(15)11-8-9-11/h3-7,11-12H,2,8-9H2,1H3,(H2,16,17,22,23)/t12-/m0/s1. The van der Waals surface area contributed by atoms with Crippen molar-refractivity contribution in [1.82, 2.24) is 30.8 Å². The molecule has 0 spiro atoms. The van der Waals surface area contributed by atoms with Crippen LogP contribution in [0.2, 0.25) is 0 Å². The molecule has 126 valence electrons. The van der Waals surface area contributed by atoms with Crippen molar-refractivity contribution in [3.05, 3.63) is 35.9 Å². The second-order valence-electron chi connectivity index (χ2n) is 5.39. The lowest BCUT2D eigenvalue weighted by Crippen LogP contribution is -2.41. The summed E-state index contributed by atoms with van der Waals surface area (Å²) < 4.78 is 1.75. The van der Waals surface area contributed by atoms with Gasteiger partial charge in [-0.25, -0.2) is 9.48 Å². The van der Waals surface area contributed by atoms with Gasteiger partial charge in [0.25, 0.3) is 0 Å². The predicted octanol–water partition coefficient (Wildman–Crippen LogP) is 1.69. The molecule has 9 heteroatoms. The number of hydrogen-bond donors (Lipinski definition) is 2. The van der Waals surface area contributed by atoms with Gasteiger partial charge in [0.05, 0.1) is 6.04 Å². The molecule has 2 N–H and O–H groups in total. The Morgan fingerprint density at radius 3 is 2.75 bits per heavy atom. The highest BCUT2D eigenvalue weighted by Crippen LogP contribution is 2.40. The van der Waals surface area contributed by atoms with E-state index in [1.165, 1.54) is 11.8 Å². The van der Waals surface area contributed by atoms with Crippen molar-refractivity contribution in [2.24, 2.45) is 0 Å². The van der Waals surface area contributed by atoms with E-state index in [-0.39, 0.29) is 0 Å². The second-order valence-corrected chi connectivity index (χ2v) is 6.47. The molecule has 0 bridgehead atoms. The third kappa shape index (κ3) is 3.91. The van der Waals surface area contributed by atoms with Crippen LogP contribution in [0.5, 0.6) is 0 Å². The summed E-state index contributed by atoms with van der Waals surface area (Å²) in [7, 11) is 0. The second kappa shape index (κ2) is 7.43. The molecule has 1 heterocycles. The maximum Gasteiger partial charge on any atom is 0.321 e. The number of aromatic nitrogens is 4. The summed E-state index contributed by atoms with van der Waals surface area (Å²) in [6.07, 6.45) is 2.08. The van der Waals surface area contributed by atoms with Crippen LogP contribution in [0.1, 0.15) is 36.6 Å². The van der Waals surface area contributed by atoms with Gasteiger partial charge >= 0.3 is 6.03 Å². The normalized spacial score (nSPS) is 14.9. The molecular formula is C15H18N6O2S. The topological polar surface area (TPSA) is 102 Å². The fraction of sp³-hybridized carbons (Fsp3) is 0.400. The first-order valence-electron chi connectivity index (χ1n) is 7.77. The number of carbonyl (C=O) groups is 2. The monoisotopic (exact) mass is 346 g/mol. The molecule has 8 nitrogen and oxygen atoms in total. The molecule has 24 heavy (non-hydrogen) atoms. The highest BCUT2D eigenvalue weighted by molar-refractivity contribution is 8.00. The van der Waals surface area contributed by atoms with E-state index in [0.717, 1.165) is 18.4 Å². The molecule has 1 aliphatic rings. The van der Waals surface area contributed by atoms with E-state index in [0.29, 0.717) is 17.7 Å². The minimum absolute atomic E-state index is 0.311. The van der Waals surface area contributed by atoms with Crippen molar-refractivity contribution < 1.29 is 9.59 Å². The predicted molar refractivity (Wildman–Crippen MR) is 88.3 cm³/mol. The summed E-state index contributed by atoms with van der Waals surface area (Å²) in [6.45, 7) is 2.24. The third-order valence-electron chi connectivity index (χ3n) is 3.49. The van der Waals surface area contributed by atoms with Gasteiger partial charge in [0.2, 0.25) is 11.1 Å². The number of nitrogens with zero attached hydrogens (tertiary/aromatic N) is 4. The van der Waals surface area contributed by atoms with Crippen molar-refractivity contribution in [2.75, 3.05) is 6.54 Å². The van der Waals surface area contributed by atoms with Crippen LogP contribution in [0, 0.1) is 0 Å². The molecule has 1 atom stereocenters. The number of amides is 3. The SMILES string of the molecule is CCNC(=O)NC(=O)[C@@H](Sc1nnnn1C1CC1)c1ccccc1. The number of thioether (sulfide) groups is 1. The Morgan fingerprint density at radius 2 is 2.08 bits per heavy atom. The Kier molecular flexibility index (Phi) is 5.09. The van der Waals surface area contributed by atoms with Gasteiger partial charge in [-0.1, -0.05) is 42.1 Å². The van der Waals surface area contributed by atoms with Crippen LogP contribution < -0.4 is 10.6 Å². The number of carbonyl (C=O) groups excluding carboxylic acids is 2. The van der Waals surface area contributed by atoms with Gasteiger partial charge in [0, 0.05) is 6.54 Å². The van der Waals surface area contributed by atoms with Crippen LogP contribution >= 0.6 is 11.8 Å². The number of imide groups is 1. The van der Waals surface area contributed by atoms with Crippen LogP contribution in [0.15, 0.2) is 35.5 Å². The Morgan fingerprint density at radius 1 is 1.33 bits per heavy atom. The lowest BCUT2D eigenvalue weighted by Gasteiger charge is -2.16. The van der Waals surface area contributed by atoms with Gasteiger partial charge in [0.1, 0.15) is 5.25 Å². The highest BCUT2D eigenvalue weighted by atomic mass is 32.2. The molecule has 0 radical (unpaired) electrons. The number of benzene rings is 1. The number of nitrogens with one attached hydrogen (secondary N) is 2. The Bertz CT molecular complexity index is 716. The minimum atomic E-state index is -0.614. The average molecular weight is 346 g/mol. The van der Waals surface area contributed by atoms with E-state index in [2.05, 4.69) is 26.2 Å². The average Bonchev–Trinajstić information content (AvgIpc) is 3.32. The van der Waals surface area contributed by atoms with Crippen molar-refractivity contribution >= 4 is 23.7 Å². The minimum Gasteiger partial charge on any atom is -0.338 e. The smallest absolute Gasteiger partial charge is 0.321 e. The van der Waals surface area contributed by atoms with Crippen molar-refractivity contribution in [3.8, 4) is 0 Å². The van der Waals surface area contributed by atoms with Crippen LogP contribution in [0.25, 0.3) is 0 Å². The fourth-order valence-corrected chi connectivity index (χ4v) is 3.25. The molecule has 0 saturated heterocycles. The van der Waals surface area contributed by atoms with E-state index in [1.54, 1.807) is 11.6 Å². The highest BCUT2D eigenvalue weighted by Gasteiger charge is 2.31. The number of tetrazole rings is 1. The van der Waals surface area contributed by atoms with Crippen molar-refractivity contribution in [3.63, 3.8) is 0 Å². The zero-order chi connectivity index (χ0) is 16.9. The van der Waals surface area contributed by atoms with Crippen LogP contribution in [-0.2, 0) is 4.79 Å². The number of hydrogen-bond acceptors (Lipinski definition) is 6. The summed E-state index contributed by atoms with van der Waals surface area (Å²) in [5.74, 6) is -0.400. The number of urea groups is 1. The molecule has 1 saturated carbocycles.